The second-order valence-corrected chi connectivity index (χ2v) is 8.11. The van der Waals surface area contributed by atoms with E-state index in [0.717, 1.165) is 22.2 Å². The van der Waals surface area contributed by atoms with Crippen molar-refractivity contribution < 1.29 is 9.59 Å². The summed E-state index contributed by atoms with van der Waals surface area (Å²) in [6, 6.07) is 13.6. The number of aromatic nitrogens is 1. The molecule has 0 spiro atoms. The fraction of sp³-hybridized carbons (Fsp3) is 0.304. The number of para-hydroxylation sites is 1. The first kappa shape index (κ1) is 18.9. The van der Waals surface area contributed by atoms with Gasteiger partial charge in [-0.1, -0.05) is 45.0 Å². The SMILES string of the molecule is Cc1ccc(NC(=O)Cn2cc(C(=O)C(C)(C)C)c3ccccc32)cc1C. The molecular formula is C23H26N2O2. The highest BCUT2D eigenvalue weighted by Crippen LogP contribution is 2.28. The van der Waals surface area contributed by atoms with E-state index in [1.807, 2.05) is 81.7 Å². The topological polar surface area (TPSA) is 51.1 Å². The highest BCUT2D eigenvalue weighted by molar-refractivity contribution is 6.10. The fourth-order valence-corrected chi connectivity index (χ4v) is 3.14. The first-order chi connectivity index (χ1) is 12.7. The largest absolute Gasteiger partial charge is 0.337 e. The van der Waals surface area contributed by atoms with Crippen molar-refractivity contribution in [2.75, 3.05) is 5.32 Å². The van der Waals surface area contributed by atoms with E-state index < -0.39 is 5.41 Å². The van der Waals surface area contributed by atoms with Crippen LogP contribution in [0.5, 0.6) is 0 Å². The molecule has 0 atom stereocenters. The number of amides is 1. The molecule has 0 aliphatic rings. The molecule has 1 amide bonds. The van der Waals surface area contributed by atoms with Crippen molar-refractivity contribution in [1.82, 2.24) is 4.57 Å². The van der Waals surface area contributed by atoms with Gasteiger partial charge in [0.15, 0.2) is 5.78 Å². The van der Waals surface area contributed by atoms with Crippen LogP contribution >= 0.6 is 0 Å². The van der Waals surface area contributed by atoms with Gasteiger partial charge in [0.2, 0.25) is 5.91 Å². The molecule has 0 saturated carbocycles. The minimum Gasteiger partial charge on any atom is -0.337 e. The number of aryl methyl sites for hydroxylation is 2. The summed E-state index contributed by atoms with van der Waals surface area (Å²) in [4.78, 5) is 25.4. The molecule has 4 nitrogen and oxygen atoms in total. The molecule has 1 aromatic heterocycles. The van der Waals surface area contributed by atoms with Crippen molar-refractivity contribution in [3.8, 4) is 0 Å². The Hall–Kier alpha value is -2.88. The Morgan fingerprint density at radius 2 is 1.70 bits per heavy atom. The van der Waals surface area contributed by atoms with Crippen molar-refractivity contribution in [2.24, 2.45) is 5.41 Å². The van der Waals surface area contributed by atoms with E-state index in [9.17, 15) is 9.59 Å². The molecule has 0 fully saturated rings. The van der Waals surface area contributed by atoms with Crippen molar-refractivity contribution in [1.29, 1.82) is 0 Å². The molecule has 3 rings (SSSR count). The van der Waals surface area contributed by atoms with Gasteiger partial charge in [0.05, 0.1) is 0 Å². The Labute approximate surface area is 160 Å². The Morgan fingerprint density at radius 1 is 1.00 bits per heavy atom. The van der Waals surface area contributed by atoms with Crippen molar-refractivity contribution in [3.05, 3.63) is 65.4 Å². The van der Waals surface area contributed by atoms with Gasteiger partial charge in [-0.15, -0.1) is 0 Å². The third kappa shape index (κ3) is 3.95. The molecule has 140 valence electrons. The number of nitrogens with one attached hydrogen (secondary N) is 1. The average molecular weight is 362 g/mol. The molecule has 0 radical (unpaired) electrons. The molecule has 27 heavy (non-hydrogen) atoms. The summed E-state index contributed by atoms with van der Waals surface area (Å²) in [5.41, 5.74) is 4.19. The zero-order chi connectivity index (χ0) is 19.8. The summed E-state index contributed by atoms with van der Waals surface area (Å²) in [6.45, 7) is 9.95. The fourth-order valence-electron chi connectivity index (χ4n) is 3.14. The summed E-state index contributed by atoms with van der Waals surface area (Å²) in [5.74, 6) is -0.0409. The molecule has 1 N–H and O–H groups in total. The molecule has 0 aliphatic heterocycles. The molecular weight excluding hydrogens is 336 g/mol. The van der Waals surface area contributed by atoms with E-state index >= 15 is 0 Å². The third-order valence-corrected chi connectivity index (χ3v) is 4.82. The predicted molar refractivity (Wildman–Crippen MR) is 110 cm³/mol. The van der Waals surface area contributed by atoms with Crippen LogP contribution in [0.2, 0.25) is 0 Å². The number of fused-ring (bicyclic) bond motifs is 1. The third-order valence-electron chi connectivity index (χ3n) is 4.82. The number of rotatable bonds is 4. The molecule has 0 bridgehead atoms. The number of ketones is 1. The van der Waals surface area contributed by atoms with Crippen LogP contribution < -0.4 is 5.32 Å². The predicted octanol–water partition coefficient (Wildman–Crippen LogP) is 5.13. The van der Waals surface area contributed by atoms with E-state index in [1.54, 1.807) is 6.20 Å². The van der Waals surface area contributed by atoms with Crippen LogP contribution in [0.4, 0.5) is 5.69 Å². The standard InChI is InChI=1S/C23H26N2O2/c1-15-10-11-17(12-16(15)2)24-21(26)14-25-13-19(22(27)23(3,4)5)18-8-6-7-9-20(18)25/h6-13H,14H2,1-5H3,(H,24,26). The maximum atomic E-state index is 12.8. The molecule has 0 aliphatic carbocycles. The van der Waals surface area contributed by atoms with Crippen molar-refractivity contribution in [2.45, 2.75) is 41.2 Å². The second-order valence-electron chi connectivity index (χ2n) is 8.11. The first-order valence-electron chi connectivity index (χ1n) is 9.16. The Kier molecular flexibility index (Phi) is 4.92. The van der Waals surface area contributed by atoms with Crippen LogP contribution in [0.15, 0.2) is 48.7 Å². The van der Waals surface area contributed by atoms with Crippen LogP contribution in [0.3, 0.4) is 0 Å². The summed E-state index contributed by atoms with van der Waals surface area (Å²) in [6.07, 6.45) is 1.80. The average Bonchev–Trinajstić information content (AvgIpc) is 2.95. The Bertz CT molecular complexity index is 1020. The highest BCUT2D eigenvalue weighted by atomic mass is 16.2. The number of carbonyl (C=O) groups excluding carboxylic acids is 2. The number of hydrogen-bond donors (Lipinski definition) is 1. The van der Waals surface area contributed by atoms with Crippen LogP contribution in [0.25, 0.3) is 10.9 Å². The monoisotopic (exact) mass is 362 g/mol. The summed E-state index contributed by atoms with van der Waals surface area (Å²) >= 11 is 0. The number of Topliss-reactive ketones (excluding diaryl/α,β-unsaturated/α-hetero) is 1. The van der Waals surface area contributed by atoms with Crippen molar-refractivity contribution >= 4 is 28.3 Å². The van der Waals surface area contributed by atoms with Gasteiger partial charge >= 0.3 is 0 Å². The lowest BCUT2D eigenvalue weighted by molar-refractivity contribution is -0.116. The zero-order valence-corrected chi connectivity index (χ0v) is 16.6. The smallest absolute Gasteiger partial charge is 0.244 e. The van der Waals surface area contributed by atoms with E-state index in [1.165, 1.54) is 5.56 Å². The highest BCUT2D eigenvalue weighted by Gasteiger charge is 2.26. The normalized spacial score (nSPS) is 11.6. The molecule has 4 heteroatoms. The molecule has 2 aromatic carbocycles. The quantitative estimate of drug-likeness (QED) is 0.655. The summed E-state index contributed by atoms with van der Waals surface area (Å²) in [5, 5.41) is 3.83. The molecule has 1 heterocycles. The van der Waals surface area contributed by atoms with Crippen LogP contribution in [0, 0.1) is 19.3 Å². The molecule has 3 aromatic rings. The van der Waals surface area contributed by atoms with Crippen LogP contribution in [0.1, 0.15) is 42.3 Å². The number of nitrogens with zero attached hydrogens (tertiary/aromatic N) is 1. The van der Waals surface area contributed by atoms with Gasteiger partial charge in [0.25, 0.3) is 0 Å². The maximum absolute atomic E-state index is 12.8. The van der Waals surface area contributed by atoms with E-state index in [0.29, 0.717) is 5.56 Å². The number of benzene rings is 2. The van der Waals surface area contributed by atoms with Gasteiger partial charge in [-0.05, 0) is 43.2 Å². The van der Waals surface area contributed by atoms with Crippen LogP contribution in [-0.4, -0.2) is 16.3 Å². The minimum absolute atomic E-state index is 0.0759. The van der Waals surface area contributed by atoms with E-state index in [-0.39, 0.29) is 18.2 Å². The Morgan fingerprint density at radius 3 is 2.37 bits per heavy atom. The molecule has 0 saturated heterocycles. The number of anilines is 1. The second kappa shape index (κ2) is 7.03. The van der Waals surface area contributed by atoms with Gasteiger partial charge in [-0.25, -0.2) is 0 Å². The van der Waals surface area contributed by atoms with Gasteiger partial charge in [-0.2, -0.15) is 0 Å². The lowest BCUT2D eigenvalue weighted by Gasteiger charge is -2.15. The van der Waals surface area contributed by atoms with Crippen LogP contribution in [-0.2, 0) is 11.3 Å². The van der Waals surface area contributed by atoms with Crippen molar-refractivity contribution in [3.63, 3.8) is 0 Å². The maximum Gasteiger partial charge on any atom is 0.244 e. The lowest BCUT2D eigenvalue weighted by Crippen LogP contribution is -2.20. The number of hydrogen-bond acceptors (Lipinski definition) is 2. The zero-order valence-electron chi connectivity index (χ0n) is 16.6. The summed E-state index contributed by atoms with van der Waals surface area (Å²) < 4.78 is 1.85. The number of carbonyl (C=O) groups is 2. The first-order valence-corrected chi connectivity index (χ1v) is 9.16. The van der Waals surface area contributed by atoms with Gasteiger partial charge in [0, 0.05) is 33.8 Å². The van der Waals surface area contributed by atoms with Gasteiger partial charge in [0.1, 0.15) is 6.54 Å². The van der Waals surface area contributed by atoms with E-state index in [2.05, 4.69) is 5.32 Å². The van der Waals surface area contributed by atoms with E-state index in [4.69, 9.17) is 0 Å². The lowest BCUT2D eigenvalue weighted by atomic mass is 9.86. The molecule has 0 unspecified atom stereocenters. The minimum atomic E-state index is -0.476. The van der Waals surface area contributed by atoms with Gasteiger partial charge in [-0.3, -0.25) is 9.59 Å². The van der Waals surface area contributed by atoms with Gasteiger partial charge < -0.3 is 9.88 Å². The summed E-state index contributed by atoms with van der Waals surface area (Å²) in [7, 11) is 0. The Balaban J connectivity index is 1.89.